The Labute approximate surface area is 137 Å². The average molecular weight is 351 g/mol. The third kappa shape index (κ3) is 3.20. The van der Waals surface area contributed by atoms with Crippen LogP contribution in [0.15, 0.2) is 56.5 Å². The van der Waals surface area contributed by atoms with Gasteiger partial charge < -0.3 is 9.73 Å². The molecule has 7 nitrogen and oxygen atoms in total. The molecule has 0 bridgehead atoms. The van der Waals surface area contributed by atoms with Crippen molar-refractivity contribution in [1.29, 1.82) is 0 Å². The number of amides is 1. The van der Waals surface area contributed by atoms with Crippen LogP contribution in [-0.2, 0) is 21.5 Å². The maximum absolute atomic E-state index is 12.3. The van der Waals surface area contributed by atoms with E-state index in [1.807, 2.05) is 17.5 Å². The Balaban J connectivity index is 1.87. The minimum atomic E-state index is -3.97. The summed E-state index contributed by atoms with van der Waals surface area (Å²) in [6.07, 6.45) is 2.80. The summed E-state index contributed by atoms with van der Waals surface area (Å²) in [5.74, 6) is -0.214. The van der Waals surface area contributed by atoms with Crippen molar-refractivity contribution in [2.24, 2.45) is 4.40 Å². The van der Waals surface area contributed by atoms with Crippen molar-refractivity contribution in [3.8, 4) is 0 Å². The molecule has 3 heterocycles. The summed E-state index contributed by atoms with van der Waals surface area (Å²) in [5.41, 5.74) is 0.0809. The molecule has 0 unspecified atom stereocenters. The van der Waals surface area contributed by atoms with Crippen LogP contribution in [0, 0.1) is 0 Å². The van der Waals surface area contributed by atoms with Crippen LogP contribution in [0.25, 0.3) is 0 Å². The maximum Gasteiger partial charge on any atom is 0.345 e. The number of hydrogen-bond acceptors (Lipinski definition) is 5. The van der Waals surface area contributed by atoms with Gasteiger partial charge in [-0.1, -0.05) is 6.07 Å². The Morgan fingerprint density at radius 1 is 1.39 bits per heavy atom. The number of furan rings is 1. The standard InChI is InChI=1S/C14H13N3O4S2/c1-17-12(14(18)15-9-10-4-3-7-22-10)8-11(16-23(17,19)20)13-5-2-6-21-13/h2-8H,9H2,1H3,(H,15,18). The van der Waals surface area contributed by atoms with Gasteiger partial charge in [-0.2, -0.15) is 8.42 Å². The fourth-order valence-corrected chi connectivity index (χ4v) is 3.52. The Morgan fingerprint density at radius 3 is 2.87 bits per heavy atom. The molecule has 9 heteroatoms. The lowest BCUT2D eigenvalue weighted by Crippen LogP contribution is -2.38. The van der Waals surface area contributed by atoms with E-state index in [1.165, 1.54) is 30.7 Å². The molecule has 1 aliphatic rings. The number of rotatable bonds is 4. The number of nitrogens with zero attached hydrogens (tertiary/aromatic N) is 2. The van der Waals surface area contributed by atoms with Gasteiger partial charge in [0.05, 0.1) is 12.8 Å². The van der Waals surface area contributed by atoms with Gasteiger partial charge in [0.2, 0.25) is 0 Å². The van der Waals surface area contributed by atoms with E-state index >= 15 is 0 Å². The quantitative estimate of drug-likeness (QED) is 0.904. The average Bonchev–Trinajstić information content (AvgIpc) is 3.20. The summed E-state index contributed by atoms with van der Waals surface area (Å²) in [6, 6.07) is 6.96. The van der Waals surface area contributed by atoms with Gasteiger partial charge in [0.1, 0.15) is 11.4 Å². The Morgan fingerprint density at radius 2 is 2.22 bits per heavy atom. The molecule has 120 valence electrons. The zero-order valence-corrected chi connectivity index (χ0v) is 13.7. The molecular formula is C14H13N3O4S2. The molecular weight excluding hydrogens is 338 g/mol. The highest BCUT2D eigenvalue weighted by Crippen LogP contribution is 2.20. The molecule has 2 aromatic heterocycles. The highest BCUT2D eigenvalue weighted by Gasteiger charge is 2.30. The number of carbonyl (C=O) groups excluding carboxylic acids is 1. The van der Waals surface area contributed by atoms with E-state index in [0.717, 1.165) is 9.18 Å². The van der Waals surface area contributed by atoms with Crippen LogP contribution in [0.5, 0.6) is 0 Å². The first kappa shape index (κ1) is 15.5. The van der Waals surface area contributed by atoms with Crippen LogP contribution < -0.4 is 5.32 Å². The van der Waals surface area contributed by atoms with Crippen molar-refractivity contribution >= 4 is 33.2 Å². The number of nitrogens with one attached hydrogen (secondary N) is 1. The number of likely N-dealkylation sites (N-methyl/N-ethyl adjacent to an activating group) is 1. The molecule has 0 radical (unpaired) electrons. The van der Waals surface area contributed by atoms with Gasteiger partial charge in [-0.15, -0.1) is 15.7 Å². The summed E-state index contributed by atoms with van der Waals surface area (Å²) in [4.78, 5) is 13.3. The molecule has 0 fully saturated rings. The number of hydrogen-bond donors (Lipinski definition) is 1. The molecule has 0 aliphatic carbocycles. The molecule has 23 heavy (non-hydrogen) atoms. The normalized spacial score (nSPS) is 16.7. The maximum atomic E-state index is 12.3. The molecule has 2 aromatic rings. The topological polar surface area (TPSA) is 92.0 Å². The first-order valence-electron chi connectivity index (χ1n) is 6.62. The Bertz CT molecular complexity index is 865. The fraction of sp³-hybridized carbons (Fsp3) is 0.143. The predicted molar refractivity (Wildman–Crippen MR) is 86.2 cm³/mol. The second-order valence-electron chi connectivity index (χ2n) is 4.69. The van der Waals surface area contributed by atoms with Gasteiger partial charge in [-0.25, -0.2) is 4.31 Å². The Hall–Kier alpha value is -2.39. The number of thiophene rings is 1. The minimum Gasteiger partial charge on any atom is -0.463 e. The molecule has 0 spiro atoms. The van der Waals surface area contributed by atoms with Crippen molar-refractivity contribution < 1.29 is 17.6 Å². The minimum absolute atomic E-state index is 0.0112. The van der Waals surface area contributed by atoms with Crippen molar-refractivity contribution in [2.75, 3.05) is 7.05 Å². The van der Waals surface area contributed by atoms with E-state index < -0.39 is 16.1 Å². The molecule has 0 atom stereocenters. The summed E-state index contributed by atoms with van der Waals surface area (Å²) in [6.45, 7) is 0.328. The van der Waals surface area contributed by atoms with Crippen LogP contribution in [0.4, 0.5) is 0 Å². The molecule has 0 saturated carbocycles. The van der Waals surface area contributed by atoms with E-state index in [0.29, 0.717) is 6.54 Å². The van der Waals surface area contributed by atoms with Crippen molar-refractivity contribution in [1.82, 2.24) is 9.62 Å². The van der Waals surface area contributed by atoms with E-state index in [4.69, 9.17) is 4.42 Å². The molecule has 3 rings (SSSR count). The van der Waals surface area contributed by atoms with Gasteiger partial charge in [-0.05, 0) is 29.7 Å². The molecule has 1 N–H and O–H groups in total. The van der Waals surface area contributed by atoms with Crippen LogP contribution in [0.3, 0.4) is 0 Å². The molecule has 0 aromatic carbocycles. The number of carbonyl (C=O) groups is 1. The zero-order valence-electron chi connectivity index (χ0n) is 12.1. The smallest absolute Gasteiger partial charge is 0.345 e. The lowest BCUT2D eigenvalue weighted by Gasteiger charge is -2.22. The zero-order chi connectivity index (χ0) is 16.4. The molecule has 0 saturated heterocycles. The third-order valence-corrected chi connectivity index (χ3v) is 5.37. The third-order valence-electron chi connectivity index (χ3n) is 3.18. The summed E-state index contributed by atoms with van der Waals surface area (Å²) in [5, 5.41) is 4.60. The van der Waals surface area contributed by atoms with Gasteiger partial charge >= 0.3 is 10.2 Å². The van der Waals surface area contributed by atoms with Crippen LogP contribution in [0.2, 0.25) is 0 Å². The Kier molecular flexibility index (Phi) is 4.05. The van der Waals surface area contributed by atoms with Gasteiger partial charge in [0, 0.05) is 11.9 Å². The predicted octanol–water partition coefficient (Wildman–Crippen LogP) is 1.52. The lowest BCUT2D eigenvalue weighted by atomic mass is 10.2. The highest BCUT2D eigenvalue weighted by atomic mass is 32.2. The van der Waals surface area contributed by atoms with E-state index in [2.05, 4.69) is 9.71 Å². The van der Waals surface area contributed by atoms with Crippen molar-refractivity contribution in [3.05, 3.63) is 58.3 Å². The second-order valence-corrected chi connectivity index (χ2v) is 7.35. The van der Waals surface area contributed by atoms with Gasteiger partial charge in [-0.3, -0.25) is 4.79 Å². The van der Waals surface area contributed by atoms with E-state index in [-0.39, 0.29) is 17.2 Å². The summed E-state index contributed by atoms with van der Waals surface area (Å²) in [7, 11) is -2.68. The molecule has 1 aliphatic heterocycles. The summed E-state index contributed by atoms with van der Waals surface area (Å²) < 4.78 is 33.9. The first-order valence-corrected chi connectivity index (χ1v) is 8.90. The van der Waals surface area contributed by atoms with E-state index in [1.54, 1.807) is 12.1 Å². The SMILES string of the molecule is CN1C(C(=O)NCc2cccs2)=CC(c2ccco2)=NS1(=O)=O. The molecule has 1 amide bonds. The van der Waals surface area contributed by atoms with E-state index in [9.17, 15) is 13.2 Å². The first-order chi connectivity index (χ1) is 11.0. The van der Waals surface area contributed by atoms with Crippen molar-refractivity contribution in [2.45, 2.75) is 6.54 Å². The number of allylic oxidation sites excluding steroid dienone is 1. The van der Waals surface area contributed by atoms with Crippen LogP contribution >= 0.6 is 11.3 Å². The fourth-order valence-electron chi connectivity index (χ4n) is 1.98. The van der Waals surface area contributed by atoms with Crippen molar-refractivity contribution in [3.63, 3.8) is 0 Å². The monoisotopic (exact) mass is 351 g/mol. The van der Waals surface area contributed by atoms with Gasteiger partial charge in [0.15, 0.2) is 5.76 Å². The largest absolute Gasteiger partial charge is 0.463 e. The van der Waals surface area contributed by atoms with Crippen LogP contribution in [-0.4, -0.2) is 31.4 Å². The second kappa shape index (κ2) is 6.01. The lowest BCUT2D eigenvalue weighted by molar-refractivity contribution is -0.118. The van der Waals surface area contributed by atoms with Gasteiger partial charge in [0.25, 0.3) is 5.91 Å². The summed E-state index contributed by atoms with van der Waals surface area (Å²) >= 11 is 1.51. The van der Waals surface area contributed by atoms with Crippen LogP contribution in [0.1, 0.15) is 10.6 Å². The highest BCUT2D eigenvalue weighted by molar-refractivity contribution is 7.88.